The van der Waals surface area contributed by atoms with Crippen molar-refractivity contribution >= 4 is 11.9 Å². The Bertz CT molecular complexity index is 646. The van der Waals surface area contributed by atoms with E-state index < -0.39 is 11.5 Å². The molecular formula is C18H25NO6. The molecule has 1 aliphatic rings. The third-order valence-corrected chi connectivity index (χ3v) is 4.39. The van der Waals surface area contributed by atoms with Crippen LogP contribution >= 0.6 is 0 Å². The minimum absolute atomic E-state index is 0.0293. The lowest BCUT2D eigenvalue weighted by Crippen LogP contribution is -2.51. The molecule has 1 aromatic rings. The molecule has 0 bridgehead atoms. The van der Waals surface area contributed by atoms with Gasteiger partial charge < -0.3 is 24.6 Å². The molecule has 3 unspecified atom stereocenters. The summed E-state index contributed by atoms with van der Waals surface area (Å²) >= 11 is 0. The Balaban J connectivity index is 2.10. The maximum Gasteiger partial charge on any atom is 0.305 e. The van der Waals surface area contributed by atoms with E-state index >= 15 is 0 Å². The van der Waals surface area contributed by atoms with Crippen LogP contribution in [0.5, 0.6) is 11.5 Å². The minimum Gasteiger partial charge on any atom is -0.497 e. The fourth-order valence-corrected chi connectivity index (χ4v) is 3.13. The second kappa shape index (κ2) is 7.74. The quantitative estimate of drug-likeness (QED) is 0.705. The van der Waals surface area contributed by atoms with Crippen LogP contribution in [0.2, 0.25) is 0 Å². The Morgan fingerprint density at radius 1 is 1.28 bits per heavy atom. The van der Waals surface area contributed by atoms with Crippen molar-refractivity contribution in [3.05, 3.63) is 23.8 Å². The zero-order chi connectivity index (χ0) is 18.6. The van der Waals surface area contributed by atoms with Gasteiger partial charge in [-0.15, -0.1) is 0 Å². The van der Waals surface area contributed by atoms with Crippen LogP contribution in [-0.2, 0) is 14.3 Å². The monoisotopic (exact) mass is 351 g/mol. The molecule has 0 heterocycles. The number of aliphatic carboxylic acids is 1. The first-order chi connectivity index (χ1) is 11.8. The van der Waals surface area contributed by atoms with Gasteiger partial charge in [0.15, 0.2) is 0 Å². The number of methoxy groups -OCH3 is 3. The molecule has 2 rings (SSSR count). The number of carbonyl (C=O) groups is 2. The first kappa shape index (κ1) is 19.1. The van der Waals surface area contributed by atoms with E-state index in [1.807, 2.05) is 18.2 Å². The van der Waals surface area contributed by atoms with Gasteiger partial charge in [0.25, 0.3) is 0 Å². The van der Waals surface area contributed by atoms with Crippen molar-refractivity contribution in [2.75, 3.05) is 27.9 Å². The summed E-state index contributed by atoms with van der Waals surface area (Å²) in [5.41, 5.74) is -0.0165. The number of ether oxygens (including phenoxy) is 3. The highest BCUT2D eigenvalue weighted by atomic mass is 16.5. The topological polar surface area (TPSA) is 94.1 Å². The van der Waals surface area contributed by atoms with Crippen molar-refractivity contribution in [3.63, 3.8) is 0 Å². The molecule has 1 fully saturated rings. The highest BCUT2D eigenvalue weighted by molar-refractivity contribution is 5.84. The third-order valence-electron chi connectivity index (χ3n) is 4.39. The molecule has 0 aliphatic heterocycles. The van der Waals surface area contributed by atoms with Gasteiger partial charge in [-0.1, -0.05) is 0 Å². The van der Waals surface area contributed by atoms with Gasteiger partial charge in [-0.3, -0.25) is 9.59 Å². The van der Waals surface area contributed by atoms with E-state index in [-0.39, 0.29) is 30.8 Å². The second-order valence-corrected chi connectivity index (χ2v) is 6.61. The van der Waals surface area contributed by atoms with E-state index in [0.29, 0.717) is 17.9 Å². The van der Waals surface area contributed by atoms with Crippen molar-refractivity contribution in [3.8, 4) is 11.5 Å². The number of amides is 1. The van der Waals surface area contributed by atoms with Crippen molar-refractivity contribution in [2.24, 2.45) is 5.92 Å². The molecule has 0 aromatic heterocycles. The van der Waals surface area contributed by atoms with Crippen LogP contribution in [0, 0.1) is 5.92 Å². The predicted molar refractivity (Wildman–Crippen MR) is 91.1 cm³/mol. The summed E-state index contributed by atoms with van der Waals surface area (Å²) in [4.78, 5) is 23.6. The van der Waals surface area contributed by atoms with Crippen LogP contribution in [0.25, 0.3) is 0 Å². The molecule has 1 saturated carbocycles. The van der Waals surface area contributed by atoms with E-state index in [1.54, 1.807) is 21.1 Å². The fraction of sp³-hybridized carbons (Fsp3) is 0.556. The molecular weight excluding hydrogens is 326 g/mol. The van der Waals surface area contributed by atoms with Crippen LogP contribution in [-0.4, -0.2) is 50.5 Å². The number of carboxylic acid groups (broad SMARTS) is 1. The summed E-state index contributed by atoms with van der Waals surface area (Å²) in [7, 11) is 4.66. The number of carbonyl (C=O) groups excluding carboxylic acids is 1. The van der Waals surface area contributed by atoms with Crippen LogP contribution in [0.1, 0.15) is 31.2 Å². The Hall–Kier alpha value is -2.28. The van der Waals surface area contributed by atoms with Crippen molar-refractivity contribution < 1.29 is 28.9 Å². The summed E-state index contributed by atoms with van der Waals surface area (Å²) in [6, 6.07) is 5.51. The lowest BCUT2D eigenvalue weighted by atomic mass is 9.98. The van der Waals surface area contributed by atoms with Crippen molar-refractivity contribution in [1.82, 2.24) is 5.32 Å². The highest BCUT2D eigenvalue weighted by Crippen LogP contribution is 2.51. The number of nitrogens with one attached hydrogen (secondary N) is 1. The number of hydrogen-bond donors (Lipinski definition) is 2. The SMILES string of the molecule is COCC(C)(CC(=O)O)NC(=O)C1CC1c1cc(OC)ccc1OC. The molecule has 1 aliphatic carbocycles. The molecule has 7 nitrogen and oxygen atoms in total. The molecule has 1 aromatic carbocycles. The molecule has 0 radical (unpaired) electrons. The molecule has 7 heteroatoms. The van der Waals surface area contributed by atoms with E-state index in [0.717, 1.165) is 5.56 Å². The molecule has 2 N–H and O–H groups in total. The normalized spacial score (nSPS) is 21.1. The van der Waals surface area contributed by atoms with E-state index in [1.165, 1.54) is 7.11 Å². The van der Waals surface area contributed by atoms with Gasteiger partial charge in [0.05, 0.1) is 32.8 Å². The maximum absolute atomic E-state index is 12.6. The van der Waals surface area contributed by atoms with Crippen LogP contribution < -0.4 is 14.8 Å². The predicted octanol–water partition coefficient (Wildman–Crippen LogP) is 1.80. The molecule has 1 amide bonds. The van der Waals surface area contributed by atoms with Gasteiger partial charge in [0.2, 0.25) is 5.91 Å². The van der Waals surface area contributed by atoms with Gasteiger partial charge in [-0.2, -0.15) is 0 Å². The maximum atomic E-state index is 12.6. The minimum atomic E-state index is -0.985. The number of benzene rings is 1. The summed E-state index contributed by atoms with van der Waals surface area (Å²) in [5.74, 6) is 0.0771. The standard InChI is InChI=1S/C18H25NO6/c1-18(10-23-2,9-16(20)21)19-17(22)14-8-12(14)13-7-11(24-3)5-6-15(13)25-4/h5-7,12,14H,8-10H2,1-4H3,(H,19,22)(H,20,21). The van der Waals surface area contributed by atoms with E-state index in [9.17, 15) is 9.59 Å². The Kier molecular flexibility index (Phi) is 5.89. The van der Waals surface area contributed by atoms with Crippen LogP contribution in [0.4, 0.5) is 0 Å². The lowest BCUT2D eigenvalue weighted by molar-refractivity contribution is -0.139. The molecule has 0 spiro atoms. The van der Waals surface area contributed by atoms with Gasteiger partial charge in [-0.25, -0.2) is 0 Å². The summed E-state index contributed by atoms with van der Waals surface area (Å²) in [6.45, 7) is 1.80. The zero-order valence-electron chi connectivity index (χ0n) is 15.0. The molecule has 138 valence electrons. The molecule has 3 atom stereocenters. The number of rotatable bonds is 9. The number of carboxylic acids is 1. The molecule has 25 heavy (non-hydrogen) atoms. The first-order valence-corrected chi connectivity index (χ1v) is 8.08. The van der Waals surface area contributed by atoms with Gasteiger partial charge in [0, 0.05) is 24.5 Å². The molecule has 0 saturated heterocycles. The summed E-state index contributed by atoms with van der Waals surface area (Å²) in [5, 5.41) is 11.9. The fourth-order valence-electron chi connectivity index (χ4n) is 3.13. The summed E-state index contributed by atoms with van der Waals surface area (Å²) in [6.07, 6.45) is 0.484. The highest BCUT2D eigenvalue weighted by Gasteiger charge is 2.47. The number of hydrogen-bond acceptors (Lipinski definition) is 5. The summed E-state index contributed by atoms with van der Waals surface area (Å²) < 4.78 is 15.7. The van der Waals surface area contributed by atoms with Gasteiger partial charge >= 0.3 is 5.97 Å². The Labute approximate surface area is 147 Å². The largest absolute Gasteiger partial charge is 0.497 e. The van der Waals surface area contributed by atoms with Crippen molar-refractivity contribution in [2.45, 2.75) is 31.2 Å². The van der Waals surface area contributed by atoms with Gasteiger partial charge in [-0.05, 0) is 31.5 Å². The lowest BCUT2D eigenvalue weighted by Gasteiger charge is -2.28. The first-order valence-electron chi connectivity index (χ1n) is 8.08. The smallest absolute Gasteiger partial charge is 0.305 e. The van der Waals surface area contributed by atoms with Gasteiger partial charge in [0.1, 0.15) is 11.5 Å². The Morgan fingerprint density at radius 3 is 2.56 bits per heavy atom. The van der Waals surface area contributed by atoms with Crippen LogP contribution in [0.3, 0.4) is 0 Å². The third kappa shape index (κ3) is 4.63. The van der Waals surface area contributed by atoms with Crippen molar-refractivity contribution in [1.29, 1.82) is 0 Å². The van der Waals surface area contributed by atoms with Crippen LogP contribution in [0.15, 0.2) is 18.2 Å². The van der Waals surface area contributed by atoms with E-state index in [2.05, 4.69) is 5.32 Å². The van der Waals surface area contributed by atoms with E-state index in [4.69, 9.17) is 19.3 Å². The average Bonchev–Trinajstić information content (AvgIpc) is 3.34. The second-order valence-electron chi connectivity index (χ2n) is 6.61. The Morgan fingerprint density at radius 2 is 2.00 bits per heavy atom. The zero-order valence-corrected chi connectivity index (χ0v) is 15.0. The average molecular weight is 351 g/mol.